The number of hydrogen-bond donors (Lipinski definition) is 1. The third kappa shape index (κ3) is 3.56. The molecule has 0 radical (unpaired) electrons. The zero-order chi connectivity index (χ0) is 14.8. The highest BCUT2D eigenvalue weighted by Crippen LogP contribution is 2.18. The number of benzene rings is 2. The highest BCUT2D eigenvalue weighted by Gasteiger charge is 2.14. The first-order valence-corrected chi connectivity index (χ1v) is 7.75. The second-order valence-electron chi connectivity index (χ2n) is 4.37. The summed E-state index contributed by atoms with van der Waals surface area (Å²) in [6, 6.07) is 10.3. The van der Waals surface area contributed by atoms with Gasteiger partial charge in [0.15, 0.2) is 0 Å². The lowest BCUT2D eigenvalue weighted by molar-refractivity contribution is 0.581. The maximum Gasteiger partial charge on any atom is 0.240 e. The monoisotopic (exact) mass is 313 g/mol. The fourth-order valence-corrected chi connectivity index (χ4v) is 2.88. The average molecular weight is 314 g/mol. The molecule has 2 rings (SSSR count). The Morgan fingerprint density at radius 3 is 2.40 bits per heavy atom. The van der Waals surface area contributed by atoms with Crippen molar-refractivity contribution in [1.29, 1.82) is 0 Å². The number of rotatable bonds is 4. The van der Waals surface area contributed by atoms with E-state index in [1.807, 2.05) is 6.92 Å². The maximum absolute atomic E-state index is 12.9. The van der Waals surface area contributed by atoms with Crippen LogP contribution in [0.15, 0.2) is 47.4 Å². The Bertz CT molecular complexity index is 714. The van der Waals surface area contributed by atoms with Crippen molar-refractivity contribution in [2.75, 3.05) is 0 Å². The van der Waals surface area contributed by atoms with Crippen LogP contribution in [-0.2, 0) is 16.6 Å². The van der Waals surface area contributed by atoms with Gasteiger partial charge in [0.2, 0.25) is 10.0 Å². The number of halogens is 2. The highest BCUT2D eigenvalue weighted by atomic mass is 35.5. The van der Waals surface area contributed by atoms with Gasteiger partial charge < -0.3 is 0 Å². The molecule has 2 aromatic rings. The molecule has 0 unspecified atom stereocenters. The van der Waals surface area contributed by atoms with Gasteiger partial charge in [-0.3, -0.25) is 0 Å². The molecule has 0 aliphatic carbocycles. The molecule has 0 saturated heterocycles. The molecule has 0 aromatic heterocycles. The Labute approximate surface area is 122 Å². The molecule has 1 N–H and O–H groups in total. The van der Waals surface area contributed by atoms with E-state index in [1.54, 1.807) is 12.1 Å². The minimum atomic E-state index is -3.60. The van der Waals surface area contributed by atoms with Crippen molar-refractivity contribution in [3.63, 3.8) is 0 Å². The molecule has 0 heterocycles. The van der Waals surface area contributed by atoms with Crippen molar-refractivity contribution in [2.45, 2.75) is 18.4 Å². The van der Waals surface area contributed by atoms with Gasteiger partial charge in [-0.25, -0.2) is 17.5 Å². The van der Waals surface area contributed by atoms with Gasteiger partial charge in [-0.2, -0.15) is 0 Å². The Morgan fingerprint density at radius 1 is 1.15 bits per heavy atom. The fraction of sp³-hybridized carbons (Fsp3) is 0.143. The van der Waals surface area contributed by atoms with Gasteiger partial charge in [-0.05, 0) is 36.8 Å². The van der Waals surface area contributed by atoms with Crippen LogP contribution in [0.5, 0.6) is 0 Å². The molecular weight excluding hydrogens is 301 g/mol. The molecule has 0 saturated carbocycles. The molecule has 2 aromatic carbocycles. The summed E-state index contributed by atoms with van der Waals surface area (Å²) in [4.78, 5) is 0.182. The van der Waals surface area contributed by atoms with E-state index in [4.69, 9.17) is 11.6 Å². The first kappa shape index (κ1) is 15.0. The minimum Gasteiger partial charge on any atom is -0.207 e. The van der Waals surface area contributed by atoms with Crippen molar-refractivity contribution in [3.05, 3.63) is 64.4 Å². The third-order valence-corrected chi connectivity index (χ3v) is 4.57. The first-order valence-electron chi connectivity index (χ1n) is 5.89. The zero-order valence-corrected chi connectivity index (χ0v) is 12.3. The van der Waals surface area contributed by atoms with Crippen molar-refractivity contribution < 1.29 is 12.8 Å². The fourth-order valence-electron chi connectivity index (χ4n) is 1.64. The van der Waals surface area contributed by atoms with E-state index in [0.717, 1.165) is 11.6 Å². The van der Waals surface area contributed by atoms with Gasteiger partial charge in [0, 0.05) is 11.6 Å². The summed E-state index contributed by atoms with van der Waals surface area (Å²) in [5, 5.41) is 0.191. The molecule has 20 heavy (non-hydrogen) atoms. The van der Waals surface area contributed by atoms with Crippen LogP contribution in [0.4, 0.5) is 4.39 Å². The van der Waals surface area contributed by atoms with Crippen molar-refractivity contribution in [1.82, 2.24) is 4.72 Å². The smallest absolute Gasteiger partial charge is 0.207 e. The van der Waals surface area contributed by atoms with Crippen LogP contribution < -0.4 is 4.72 Å². The molecule has 0 spiro atoms. The largest absolute Gasteiger partial charge is 0.240 e. The van der Waals surface area contributed by atoms with Gasteiger partial charge in [0.05, 0.1) is 4.90 Å². The number of hydrogen-bond acceptors (Lipinski definition) is 2. The van der Waals surface area contributed by atoms with Crippen LogP contribution in [0, 0.1) is 12.7 Å². The minimum absolute atomic E-state index is 0.00925. The summed E-state index contributed by atoms with van der Waals surface area (Å²) in [6.07, 6.45) is 0. The summed E-state index contributed by atoms with van der Waals surface area (Å²) in [7, 11) is -3.60. The van der Waals surface area contributed by atoms with E-state index < -0.39 is 15.8 Å². The molecule has 106 valence electrons. The summed E-state index contributed by atoms with van der Waals surface area (Å²) in [5.74, 6) is -0.458. The maximum atomic E-state index is 12.9. The average Bonchev–Trinajstić information content (AvgIpc) is 2.38. The van der Waals surface area contributed by atoms with E-state index in [2.05, 4.69) is 4.72 Å². The second kappa shape index (κ2) is 5.91. The molecule has 3 nitrogen and oxygen atoms in total. The number of nitrogens with one attached hydrogen (secondary N) is 1. The summed E-state index contributed by atoms with van der Waals surface area (Å²) >= 11 is 5.85. The predicted octanol–water partition coefficient (Wildman–Crippen LogP) is 3.27. The lowest BCUT2D eigenvalue weighted by atomic mass is 10.2. The standard InChI is InChI=1S/C14H13ClFNO2S/c1-10-2-6-13(7-3-10)20(18,19)17-9-11-4-5-12(16)8-14(11)15/h2-8,17H,9H2,1H3. The zero-order valence-electron chi connectivity index (χ0n) is 10.7. The molecule has 6 heteroatoms. The normalized spacial score (nSPS) is 11.6. The van der Waals surface area contributed by atoms with Crippen LogP contribution in [-0.4, -0.2) is 8.42 Å². The van der Waals surface area contributed by atoms with Crippen LogP contribution in [0.25, 0.3) is 0 Å². The molecule has 0 bridgehead atoms. The van der Waals surface area contributed by atoms with E-state index >= 15 is 0 Å². The Balaban J connectivity index is 2.15. The van der Waals surface area contributed by atoms with E-state index in [9.17, 15) is 12.8 Å². The second-order valence-corrected chi connectivity index (χ2v) is 6.55. The van der Waals surface area contributed by atoms with Crippen LogP contribution in [0.1, 0.15) is 11.1 Å². The summed E-state index contributed by atoms with van der Waals surface area (Å²) < 4.78 is 39.5. The van der Waals surface area contributed by atoms with Gasteiger partial charge in [0.25, 0.3) is 0 Å². The Hall–Kier alpha value is -1.43. The van der Waals surface area contributed by atoms with E-state index in [-0.39, 0.29) is 16.5 Å². The molecule has 0 amide bonds. The lowest BCUT2D eigenvalue weighted by Crippen LogP contribution is -2.23. The molecule has 0 atom stereocenters. The molecular formula is C14H13ClFNO2S. The number of sulfonamides is 1. The van der Waals surface area contributed by atoms with Crippen molar-refractivity contribution in [2.24, 2.45) is 0 Å². The van der Waals surface area contributed by atoms with Crippen molar-refractivity contribution >= 4 is 21.6 Å². The molecule has 0 aliphatic rings. The lowest BCUT2D eigenvalue weighted by Gasteiger charge is -2.08. The predicted molar refractivity (Wildman–Crippen MR) is 76.6 cm³/mol. The van der Waals surface area contributed by atoms with Gasteiger partial charge in [-0.1, -0.05) is 35.4 Å². The SMILES string of the molecule is Cc1ccc(S(=O)(=O)NCc2ccc(F)cc2Cl)cc1. The Morgan fingerprint density at radius 2 is 1.80 bits per heavy atom. The topological polar surface area (TPSA) is 46.2 Å². The third-order valence-electron chi connectivity index (χ3n) is 2.80. The van der Waals surface area contributed by atoms with Crippen LogP contribution in [0.2, 0.25) is 5.02 Å². The molecule has 0 fully saturated rings. The number of aryl methyl sites for hydroxylation is 1. The summed E-state index contributed by atoms with van der Waals surface area (Å²) in [5.41, 5.74) is 1.49. The Kier molecular flexibility index (Phi) is 4.42. The van der Waals surface area contributed by atoms with Gasteiger partial charge in [-0.15, -0.1) is 0 Å². The van der Waals surface area contributed by atoms with Gasteiger partial charge >= 0.3 is 0 Å². The summed E-state index contributed by atoms with van der Waals surface area (Å²) in [6.45, 7) is 1.89. The highest BCUT2D eigenvalue weighted by molar-refractivity contribution is 7.89. The van der Waals surface area contributed by atoms with Crippen LogP contribution in [0.3, 0.4) is 0 Å². The first-order chi connectivity index (χ1) is 9.38. The van der Waals surface area contributed by atoms with E-state index in [1.165, 1.54) is 24.3 Å². The van der Waals surface area contributed by atoms with Crippen molar-refractivity contribution in [3.8, 4) is 0 Å². The van der Waals surface area contributed by atoms with E-state index in [0.29, 0.717) is 5.56 Å². The molecule has 0 aliphatic heterocycles. The quantitative estimate of drug-likeness (QED) is 0.941. The van der Waals surface area contributed by atoms with Crippen LogP contribution >= 0.6 is 11.6 Å². The van der Waals surface area contributed by atoms with Gasteiger partial charge in [0.1, 0.15) is 5.82 Å².